The Hall–Kier alpha value is -0.800. The number of likely N-dealkylation sites (tertiary alicyclic amines) is 1. The van der Waals surface area contributed by atoms with Crippen molar-refractivity contribution in [3.8, 4) is 0 Å². The standard InChI is InChI=1S/C18H29N3O3S2.ClH/c1-14-6-8-16(9-7-14)26(23,24)20-17(10-12-25-3)18(22)21-11-4-5-15(13-21)19-2;/h6-9,15,17,19-20H,4-5,10-13H2,1-3H3;1H. The minimum absolute atomic E-state index is 0. The van der Waals surface area contributed by atoms with Crippen molar-refractivity contribution in [1.29, 1.82) is 0 Å². The maximum Gasteiger partial charge on any atom is 0.241 e. The fourth-order valence-electron chi connectivity index (χ4n) is 3.07. The largest absolute Gasteiger partial charge is 0.340 e. The molecule has 1 amide bonds. The topological polar surface area (TPSA) is 78.5 Å². The molecule has 2 unspecified atom stereocenters. The number of hydrogen-bond acceptors (Lipinski definition) is 5. The van der Waals surface area contributed by atoms with Gasteiger partial charge in [-0.25, -0.2) is 8.42 Å². The number of carbonyl (C=O) groups is 1. The van der Waals surface area contributed by atoms with Gasteiger partial charge < -0.3 is 10.2 Å². The Kier molecular flexibility index (Phi) is 10.1. The molecule has 1 aromatic carbocycles. The van der Waals surface area contributed by atoms with Gasteiger partial charge in [0, 0.05) is 19.1 Å². The molecule has 1 heterocycles. The average molecular weight is 436 g/mol. The van der Waals surface area contributed by atoms with Crippen LogP contribution in [0.2, 0.25) is 0 Å². The Balaban J connectivity index is 0.00000364. The summed E-state index contributed by atoms with van der Waals surface area (Å²) >= 11 is 1.60. The van der Waals surface area contributed by atoms with Gasteiger partial charge in [-0.3, -0.25) is 4.79 Å². The van der Waals surface area contributed by atoms with E-state index in [1.165, 1.54) is 0 Å². The zero-order valence-electron chi connectivity index (χ0n) is 16.1. The summed E-state index contributed by atoms with van der Waals surface area (Å²) in [5.41, 5.74) is 0.991. The number of rotatable bonds is 8. The average Bonchev–Trinajstić information content (AvgIpc) is 2.65. The third-order valence-electron chi connectivity index (χ3n) is 4.68. The first kappa shape index (κ1) is 24.2. The molecule has 1 aliphatic heterocycles. The lowest BCUT2D eigenvalue weighted by Gasteiger charge is -2.35. The highest BCUT2D eigenvalue weighted by molar-refractivity contribution is 7.98. The number of piperidine rings is 1. The molecule has 0 aliphatic carbocycles. The molecule has 1 aliphatic rings. The molecule has 0 bridgehead atoms. The fraction of sp³-hybridized carbons (Fsp3) is 0.611. The Bertz CT molecular complexity index is 698. The summed E-state index contributed by atoms with van der Waals surface area (Å²) in [6.45, 7) is 3.21. The van der Waals surface area contributed by atoms with Crippen molar-refractivity contribution in [1.82, 2.24) is 14.9 Å². The summed E-state index contributed by atoms with van der Waals surface area (Å²) in [4.78, 5) is 15.0. The van der Waals surface area contributed by atoms with Gasteiger partial charge in [0.1, 0.15) is 6.04 Å². The SMILES string of the molecule is CNC1CCCN(C(=O)C(CCSC)NS(=O)(=O)c2ccc(C)cc2)C1.Cl. The number of sulfonamides is 1. The van der Waals surface area contributed by atoms with Crippen LogP contribution in [0.1, 0.15) is 24.8 Å². The van der Waals surface area contributed by atoms with E-state index in [-0.39, 0.29) is 29.3 Å². The van der Waals surface area contributed by atoms with Crippen molar-refractivity contribution in [3.63, 3.8) is 0 Å². The summed E-state index contributed by atoms with van der Waals surface area (Å²) in [5, 5.41) is 3.21. The van der Waals surface area contributed by atoms with Crippen LogP contribution in [0.15, 0.2) is 29.2 Å². The Morgan fingerprint density at radius 2 is 2.00 bits per heavy atom. The van der Waals surface area contributed by atoms with Gasteiger partial charge >= 0.3 is 0 Å². The molecule has 2 N–H and O–H groups in total. The molecule has 6 nitrogen and oxygen atoms in total. The Morgan fingerprint density at radius 1 is 1.33 bits per heavy atom. The number of benzene rings is 1. The molecular formula is C18H30ClN3O3S2. The number of amides is 1. The number of aryl methyl sites for hydroxylation is 1. The summed E-state index contributed by atoms with van der Waals surface area (Å²) in [6.07, 6.45) is 4.39. The first-order chi connectivity index (χ1) is 12.4. The third kappa shape index (κ3) is 6.94. The molecule has 9 heteroatoms. The first-order valence-electron chi connectivity index (χ1n) is 8.91. The van der Waals surface area contributed by atoms with Crippen molar-refractivity contribution in [3.05, 3.63) is 29.8 Å². The number of hydrogen-bond donors (Lipinski definition) is 2. The maximum atomic E-state index is 13.0. The lowest BCUT2D eigenvalue weighted by Crippen LogP contribution is -2.54. The van der Waals surface area contributed by atoms with Gasteiger partial charge in [0.15, 0.2) is 0 Å². The highest BCUT2D eigenvalue weighted by Gasteiger charge is 2.31. The second kappa shape index (κ2) is 11.3. The lowest BCUT2D eigenvalue weighted by molar-refractivity contribution is -0.134. The number of thioether (sulfide) groups is 1. The molecular weight excluding hydrogens is 406 g/mol. The summed E-state index contributed by atoms with van der Waals surface area (Å²) < 4.78 is 28.1. The van der Waals surface area contributed by atoms with E-state index in [2.05, 4.69) is 10.0 Å². The predicted octanol–water partition coefficient (Wildman–Crippen LogP) is 2.03. The van der Waals surface area contributed by atoms with Crippen molar-refractivity contribution < 1.29 is 13.2 Å². The summed E-state index contributed by atoms with van der Waals surface area (Å²) in [6, 6.07) is 6.20. The van der Waals surface area contributed by atoms with Crippen molar-refractivity contribution >= 4 is 40.1 Å². The highest BCUT2D eigenvalue weighted by atomic mass is 35.5. The molecule has 2 rings (SSSR count). The van der Waals surface area contributed by atoms with E-state index in [9.17, 15) is 13.2 Å². The van der Waals surface area contributed by atoms with Crippen LogP contribution in [0.5, 0.6) is 0 Å². The van der Waals surface area contributed by atoms with Crippen LogP contribution in [0.4, 0.5) is 0 Å². The van der Waals surface area contributed by atoms with E-state index in [4.69, 9.17) is 0 Å². The number of likely N-dealkylation sites (N-methyl/N-ethyl adjacent to an activating group) is 1. The minimum Gasteiger partial charge on any atom is -0.340 e. The zero-order chi connectivity index (χ0) is 19.2. The smallest absolute Gasteiger partial charge is 0.241 e. The van der Waals surface area contributed by atoms with E-state index in [0.29, 0.717) is 19.5 Å². The van der Waals surface area contributed by atoms with Gasteiger partial charge in [-0.15, -0.1) is 12.4 Å². The molecule has 2 atom stereocenters. The molecule has 0 aromatic heterocycles. The van der Waals surface area contributed by atoms with E-state index in [0.717, 1.165) is 24.2 Å². The number of nitrogens with zero attached hydrogens (tertiary/aromatic N) is 1. The second-order valence-corrected chi connectivity index (χ2v) is 9.38. The van der Waals surface area contributed by atoms with Crippen LogP contribution in [-0.2, 0) is 14.8 Å². The first-order valence-corrected chi connectivity index (χ1v) is 11.8. The molecule has 1 fully saturated rings. The molecule has 154 valence electrons. The number of carbonyl (C=O) groups excluding carboxylic acids is 1. The van der Waals surface area contributed by atoms with Crippen LogP contribution < -0.4 is 10.0 Å². The van der Waals surface area contributed by atoms with Gasteiger partial charge in [-0.2, -0.15) is 16.5 Å². The van der Waals surface area contributed by atoms with Crippen LogP contribution in [0, 0.1) is 6.92 Å². The van der Waals surface area contributed by atoms with E-state index >= 15 is 0 Å². The van der Waals surface area contributed by atoms with Crippen LogP contribution in [0.3, 0.4) is 0 Å². The quantitative estimate of drug-likeness (QED) is 0.653. The Morgan fingerprint density at radius 3 is 2.59 bits per heavy atom. The van der Waals surface area contributed by atoms with Crippen LogP contribution >= 0.6 is 24.2 Å². The van der Waals surface area contributed by atoms with Gasteiger partial charge in [0.25, 0.3) is 0 Å². The second-order valence-electron chi connectivity index (χ2n) is 6.68. The van der Waals surface area contributed by atoms with Gasteiger partial charge in [-0.1, -0.05) is 17.7 Å². The monoisotopic (exact) mass is 435 g/mol. The van der Waals surface area contributed by atoms with Crippen LogP contribution in [-0.4, -0.2) is 63.5 Å². The number of nitrogens with one attached hydrogen (secondary N) is 2. The molecule has 0 spiro atoms. The Labute approximate surface area is 173 Å². The zero-order valence-corrected chi connectivity index (χ0v) is 18.6. The van der Waals surface area contributed by atoms with Gasteiger partial charge in [0.2, 0.25) is 15.9 Å². The van der Waals surface area contributed by atoms with Crippen LogP contribution in [0.25, 0.3) is 0 Å². The molecule has 27 heavy (non-hydrogen) atoms. The lowest BCUT2D eigenvalue weighted by atomic mass is 10.0. The van der Waals surface area contributed by atoms with Crippen molar-refractivity contribution in [2.75, 3.05) is 32.1 Å². The predicted molar refractivity (Wildman–Crippen MR) is 114 cm³/mol. The summed E-state index contributed by atoms with van der Waals surface area (Å²) in [5.74, 6) is 0.588. The van der Waals surface area contributed by atoms with E-state index in [1.807, 2.05) is 20.2 Å². The maximum absolute atomic E-state index is 13.0. The molecule has 0 saturated carbocycles. The molecule has 1 aromatic rings. The van der Waals surface area contributed by atoms with Gasteiger partial charge in [0.05, 0.1) is 4.90 Å². The number of halogens is 1. The third-order valence-corrected chi connectivity index (χ3v) is 6.81. The fourth-order valence-corrected chi connectivity index (χ4v) is 4.77. The van der Waals surface area contributed by atoms with Gasteiger partial charge in [-0.05, 0) is 57.4 Å². The van der Waals surface area contributed by atoms with E-state index in [1.54, 1.807) is 40.9 Å². The van der Waals surface area contributed by atoms with Crippen molar-refractivity contribution in [2.45, 2.75) is 43.2 Å². The van der Waals surface area contributed by atoms with E-state index < -0.39 is 16.1 Å². The normalized spacial score (nSPS) is 18.6. The minimum atomic E-state index is -3.73. The molecule has 1 saturated heterocycles. The molecule has 0 radical (unpaired) electrons. The highest BCUT2D eigenvalue weighted by Crippen LogP contribution is 2.16. The van der Waals surface area contributed by atoms with Crippen molar-refractivity contribution in [2.24, 2.45) is 0 Å². The summed E-state index contributed by atoms with van der Waals surface area (Å²) in [7, 11) is -1.84.